The average Bonchev–Trinajstić information content (AvgIpc) is 3.80. The normalized spacial score (nSPS) is 12.2. The minimum absolute atomic E-state index is 0. The molecule has 289 valence electrons. The van der Waals surface area contributed by atoms with Crippen LogP contribution in [0.4, 0.5) is 0 Å². The molecule has 8 rings (SSSR count). The standard InChI is InChI=1S/C37H9Br8Cl6N4.Cu/c38-22-24(40)32-20(17-12(48)6-2-7-13(17)49)34-26(42)28(44)36(54-34)37-29(45)27(43)35(55-37)21(18-14(50)8-3-9-15(18)51)33-25(41)23(39)31(53-33)19(30(22)52-32)16-10(46)4-1-5-11(16)47;/h1-9H;/q-3;. The van der Waals surface area contributed by atoms with Gasteiger partial charge in [0, 0.05) is 90.7 Å². The monoisotopic (exact) mass is 1410 g/mol. The first kappa shape index (κ1) is 44.5. The molecule has 4 aromatic heterocycles. The summed E-state index contributed by atoms with van der Waals surface area (Å²) in [5, 5.41) is 2.23. The summed E-state index contributed by atoms with van der Waals surface area (Å²) in [6, 6.07) is 15.8. The van der Waals surface area contributed by atoms with E-state index in [2.05, 4.69) is 127 Å². The van der Waals surface area contributed by atoms with Crippen molar-refractivity contribution >= 4 is 239 Å². The van der Waals surface area contributed by atoms with Crippen molar-refractivity contribution in [3.63, 3.8) is 0 Å². The number of benzene rings is 3. The van der Waals surface area contributed by atoms with Crippen LogP contribution in [0.25, 0.3) is 75.4 Å². The third kappa shape index (κ3) is 7.27. The van der Waals surface area contributed by atoms with Crippen molar-refractivity contribution in [3.8, 4) is 33.4 Å². The summed E-state index contributed by atoms with van der Waals surface area (Å²) in [6.07, 6.45) is 0. The molecule has 0 saturated heterocycles. The molecule has 1 aliphatic rings. The SMILES string of the molecule is Clc1cccc(Cl)c1-c1c2nc(c3[n-]c(c(Br)c3Br)c(-c3c(Cl)cccc3Cl)c3[n-]c(c(Br)c3Br)c(-c3c(Cl)cccc3Cl)c3[n-]c1c(Br)c3Br)C(Br)=C2Br.[Cu]. The van der Waals surface area contributed by atoms with Crippen LogP contribution in [0, 0.1) is 0 Å². The van der Waals surface area contributed by atoms with Gasteiger partial charge < -0.3 is 15.0 Å². The van der Waals surface area contributed by atoms with Crippen molar-refractivity contribution in [3.05, 3.63) is 123 Å². The molecule has 0 unspecified atom stereocenters. The summed E-state index contributed by atoms with van der Waals surface area (Å²) in [5.41, 5.74) is 6.75. The van der Waals surface area contributed by atoms with Crippen molar-refractivity contribution in [1.29, 1.82) is 0 Å². The van der Waals surface area contributed by atoms with E-state index in [1.807, 2.05) is 0 Å². The first-order valence-electron chi connectivity index (χ1n) is 15.2. The maximum absolute atomic E-state index is 7.03. The molecule has 7 aromatic rings. The van der Waals surface area contributed by atoms with Gasteiger partial charge in [0.2, 0.25) is 0 Å². The molecule has 8 bridgehead atoms. The molecule has 0 N–H and O–H groups in total. The summed E-state index contributed by atoms with van der Waals surface area (Å²) in [4.78, 5) is 21.1. The molecule has 19 heteroatoms. The Balaban J connectivity index is 0.00000480. The van der Waals surface area contributed by atoms with E-state index in [1.54, 1.807) is 54.6 Å². The summed E-state index contributed by atoms with van der Waals surface area (Å²) >= 11 is 72.7. The molecule has 56 heavy (non-hydrogen) atoms. The first-order chi connectivity index (χ1) is 26.1. The number of hydrogen-bond acceptors (Lipinski definition) is 1. The Hall–Kier alpha value is 0.489. The predicted molar refractivity (Wildman–Crippen MR) is 260 cm³/mol. The predicted octanol–water partition coefficient (Wildman–Crippen LogP) is 18.5. The molecule has 4 nitrogen and oxygen atoms in total. The molecule has 0 spiro atoms. The molecule has 3 aromatic carbocycles. The third-order valence-electron chi connectivity index (χ3n) is 8.61. The van der Waals surface area contributed by atoms with Gasteiger partial charge in [-0.25, -0.2) is 4.98 Å². The Kier molecular flexibility index (Phi) is 13.8. The molecule has 0 atom stereocenters. The topological polar surface area (TPSA) is 55.2 Å². The van der Waals surface area contributed by atoms with E-state index in [0.29, 0.717) is 144 Å². The van der Waals surface area contributed by atoms with Crippen molar-refractivity contribution in [2.24, 2.45) is 0 Å². The van der Waals surface area contributed by atoms with Gasteiger partial charge in [-0.1, -0.05) is 189 Å². The molecule has 1 radical (unpaired) electrons. The van der Waals surface area contributed by atoms with Crippen molar-refractivity contribution in [1.82, 2.24) is 19.9 Å². The van der Waals surface area contributed by atoms with Crippen LogP contribution in [0.1, 0.15) is 11.4 Å². The average molecular weight is 1430 g/mol. The Bertz CT molecular complexity index is 2950. The summed E-state index contributed by atoms with van der Waals surface area (Å²) < 4.78 is 4.71. The van der Waals surface area contributed by atoms with Crippen LogP contribution >= 0.6 is 197 Å². The molecule has 5 heterocycles. The van der Waals surface area contributed by atoms with E-state index in [0.717, 1.165) is 0 Å². The van der Waals surface area contributed by atoms with E-state index in [9.17, 15) is 0 Å². The number of halogens is 14. The van der Waals surface area contributed by atoms with Crippen molar-refractivity contribution < 1.29 is 17.1 Å². The van der Waals surface area contributed by atoms with Crippen LogP contribution in [0.15, 0.2) is 81.4 Å². The zero-order valence-corrected chi connectivity index (χ0v) is 44.7. The Labute approximate surface area is 426 Å². The van der Waals surface area contributed by atoms with Crippen LogP contribution in [-0.4, -0.2) is 4.98 Å². The van der Waals surface area contributed by atoms with Crippen LogP contribution in [-0.2, 0) is 17.1 Å². The molecular weight excluding hydrogens is 1420 g/mol. The maximum atomic E-state index is 7.03. The van der Waals surface area contributed by atoms with Crippen LogP contribution in [0.3, 0.4) is 0 Å². The van der Waals surface area contributed by atoms with Gasteiger partial charge in [0.1, 0.15) is 0 Å². The number of hydrogen-bond donors (Lipinski definition) is 0. The largest absolute Gasteiger partial charge is 0.655 e. The molecule has 0 amide bonds. The van der Waals surface area contributed by atoms with Gasteiger partial charge in [0.25, 0.3) is 0 Å². The van der Waals surface area contributed by atoms with Crippen molar-refractivity contribution in [2.45, 2.75) is 0 Å². The fraction of sp³-hybridized carbons (Fsp3) is 0. The fourth-order valence-corrected chi connectivity index (χ4v) is 11.8. The second kappa shape index (κ2) is 17.3. The zero-order chi connectivity index (χ0) is 39.4. The third-order valence-corrected chi connectivity index (χ3v) is 18.8. The zero-order valence-electron chi connectivity index (χ0n) is 26.6. The number of rotatable bonds is 3. The smallest absolute Gasteiger partial charge is 0.0858 e. The molecule has 0 fully saturated rings. The van der Waals surface area contributed by atoms with Crippen LogP contribution < -0.4 is 15.0 Å². The van der Waals surface area contributed by atoms with E-state index in [-0.39, 0.29) is 17.1 Å². The van der Waals surface area contributed by atoms with Crippen LogP contribution in [0.2, 0.25) is 30.1 Å². The first-order valence-corrected chi connectivity index (χ1v) is 23.8. The molecule has 1 aliphatic heterocycles. The molecule has 0 aliphatic carbocycles. The van der Waals surface area contributed by atoms with E-state index >= 15 is 0 Å². The summed E-state index contributed by atoms with van der Waals surface area (Å²) in [7, 11) is 0. The molecule has 0 saturated carbocycles. The van der Waals surface area contributed by atoms with Crippen LogP contribution in [0.5, 0.6) is 0 Å². The van der Waals surface area contributed by atoms with Gasteiger partial charge in [-0.05, 0) is 84.9 Å². The van der Waals surface area contributed by atoms with Gasteiger partial charge in [-0.3, -0.25) is 0 Å². The maximum Gasteiger partial charge on any atom is 0.0858 e. The second-order valence-corrected chi connectivity index (χ2v) is 20.5. The second-order valence-electron chi connectivity index (χ2n) is 11.7. The summed E-state index contributed by atoms with van der Waals surface area (Å²) in [5.74, 6) is 0. The van der Waals surface area contributed by atoms with Gasteiger partial charge in [-0.2, -0.15) is 0 Å². The summed E-state index contributed by atoms with van der Waals surface area (Å²) in [6.45, 7) is 0. The van der Waals surface area contributed by atoms with E-state index < -0.39 is 0 Å². The molecular formula is C37H9Br8Cl6CuN4-3. The van der Waals surface area contributed by atoms with E-state index in [1.165, 1.54) is 0 Å². The minimum atomic E-state index is 0. The minimum Gasteiger partial charge on any atom is -0.655 e. The van der Waals surface area contributed by atoms with Gasteiger partial charge in [-0.15, -0.1) is 27.6 Å². The Morgan fingerprint density at radius 3 is 0.929 bits per heavy atom. The van der Waals surface area contributed by atoms with Gasteiger partial charge in [0.05, 0.1) is 20.4 Å². The van der Waals surface area contributed by atoms with Crippen molar-refractivity contribution in [2.75, 3.05) is 0 Å². The quantitative estimate of drug-likeness (QED) is 0.165. The number of fused-ring (bicyclic) bond motifs is 9. The van der Waals surface area contributed by atoms with E-state index in [4.69, 9.17) is 89.5 Å². The number of aromatic nitrogens is 4. The fourth-order valence-electron chi connectivity index (χ4n) is 6.24. The number of nitrogens with zero attached hydrogens (tertiary/aromatic N) is 4. The van der Waals surface area contributed by atoms with Gasteiger partial charge in [0.15, 0.2) is 0 Å². The Morgan fingerprint density at radius 1 is 0.339 bits per heavy atom. The van der Waals surface area contributed by atoms with Gasteiger partial charge >= 0.3 is 0 Å². The Morgan fingerprint density at radius 2 is 0.589 bits per heavy atom.